The number of nitrogens with zero attached hydrogens (tertiary/aromatic N) is 1. The Labute approximate surface area is 245 Å². The van der Waals surface area contributed by atoms with Crippen molar-refractivity contribution in [1.29, 1.82) is 0 Å². The van der Waals surface area contributed by atoms with Crippen molar-refractivity contribution in [3.63, 3.8) is 0 Å². The van der Waals surface area contributed by atoms with E-state index in [1.165, 1.54) is 36.0 Å². The van der Waals surface area contributed by atoms with Crippen molar-refractivity contribution in [3.8, 4) is 16.9 Å². The molecule has 2 fully saturated rings. The van der Waals surface area contributed by atoms with E-state index in [0.29, 0.717) is 28.8 Å². The Hall–Kier alpha value is -2.82. The number of likely N-dealkylation sites (N-methyl/N-ethyl adjacent to an activating group) is 1. The van der Waals surface area contributed by atoms with E-state index in [0.717, 1.165) is 44.9 Å². The maximum atomic E-state index is 13.0. The minimum Gasteiger partial charge on any atom is -0.489 e. The number of carbonyl (C=O) groups excluding carboxylic acids is 1. The minimum absolute atomic E-state index is 0.0468. The van der Waals surface area contributed by atoms with Gasteiger partial charge in [-0.1, -0.05) is 85.5 Å². The first-order valence-corrected chi connectivity index (χ1v) is 15.4. The number of amides is 1. The average Bonchev–Trinajstić information content (AvgIpc) is 2.99. The van der Waals surface area contributed by atoms with E-state index in [1.54, 1.807) is 6.07 Å². The molecule has 0 atom stereocenters. The largest absolute Gasteiger partial charge is 0.489 e. The predicted molar refractivity (Wildman–Crippen MR) is 165 cm³/mol. The van der Waals surface area contributed by atoms with Crippen LogP contribution in [0.1, 0.15) is 73.7 Å². The smallest absolute Gasteiger partial charge is 0.251 e. The van der Waals surface area contributed by atoms with E-state index in [4.69, 9.17) is 16.3 Å². The minimum atomic E-state index is -0.0717. The molecule has 5 heteroatoms. The summed E-state index contributed by atoms with van der Waals surface area (Å²) < 4.78 is 6.32. The number of halogens is 1. The van der Waals surface area contributed by atoms with Crippen molar-refractivity contribution in [2.75, 3.05) is 20.6 Å². The van der Waals surface area contributed by atoms with Gasteiger partial charge in [-0.3, -0.25) is 4.79 Å². The van der Waals surface area contributed by atoms with Gasteiger partial charge in [-0.2, -0.15) is 0 Å². The second-order valence-corrected chi connectivity index (χ2v) is 12.4. The summed E-state index contributed by atoms with van der Waals surface area (Å²) in [6.07, 6.45) is 11.6. The lowest BCUT2D eigenvalue weighted by atomic mass is 9.80. The van der Waals surface area contributed by atoms with Gasteiger partial charge in [-0.25, -0.2) is 0 Å². The second kappa shape index (κ2) is 13.2. The SMILES string of the molecule is CN(C)C1(CNC(=O)c2ccc(OC3CCC(Cc4ccc(-c5ccccc5)cc4)CC3)c(Cl)c2)CCCCC1. The highest BCUT2D eigenvalue weighted by Gasteiger charge is 2.34. The van der Waals surface area contributed by atoms with Crippen LogP contribution in [0.5, 0.6) is 5.75 Å². The summed E-state index contributed by atoms with van der Waals surface area (Å²) in [5, 5.41) is 3.68. The van der Waals surface area contributed by atoms with Crippen LogP contribution in [0.15, 0.2) is 72.8 Å². The molecule has 2 aliphatic rings. The number of ether oxygens (including phenoxy) is 1. The lowest BCUT2D eigenvalue weighted by molar-refractivity contribution is 0.0799. The van der Waals surface area contributed by atoms with Gasteiger partial charge >= 0.3 is 0 Å². The van der Waals surface area contributed by atoms with Crippen LogP contribution in [0.2, 0.25) is 5.02 Å². The van der Waals surface area contributed by atoms with Crippen LogP contribution in [-0.2, 0) is 6.42 Å². The molecule has 2 aliphatic carbocycles. The van der Waals surface area contributed by atoms with E-state index in [1.807, 2.05) is 12.1 Å². The summed E-state index contributed by atoms with van der Waals surface area (Å²) in [5.74, 6) is 1.28. The van der Waals surface area contributed by atoms with E-state index in [2.05, 4.69) is 78.9 Å². The molecule has 212 valence electrons. The van der Waals surface area contributed by atoms with E-state index in [9.17, 15) is 4.79 Å². The molecule has 5 rings (SSSR count). The molecule has 0 aromatic heterocycles. The molecule has 0 spiro atoms. The summed E-state index contributed by atoms with van der Waals surface area (Å²) in [7, 11) is 4.24. The maximum Gasteiger partial charge on any atom is 0.251 e. The number of hydrogen-bond acceptors (Lipinski definition) is 3. The molecular formula is C35H43ClN2O2. The predicted octanol–water partition coefficient (Wildman–Crippen LogP) is 8.18. The number of nitrogens with one attached hydrogen (secondary N) is 1. The molecule has 3 aromatic carbocycles. The lowest BCUT2D eigenvalue weighted by Gasteiger charge is -2.43. The summed E-state index contributed by atoms with van der Waals surface area (Å²) in [6.45, 7) is 0.662. The van der Waals surface area contributed by atoms with Crippen LogP contribution < -0.4 is 10.1 Å². The standard InChI is InChI=1S/C35H43ClN2O2/c1-38(2)35(21-7-4-8-22-35)25-37-34(39)30-17-20-33(32(36)24-30)40-31-18-13-27(14-19-31)23-26-11-15-29(16-12-26)28-9-5-3-6-10-28/h3,5-6,9-12,15-17,20,24,27,31H,4,7-8,13-14,18-19,21-23,25H2,1-2H3,(H,37,39). The Morgan fingerprint density at radius 1 is 0.900 bits per heavy atom. The lowest BCUT2D eigenvalue weighted by Crippen LogP contribution is -2.53. The normalized spacial score (nSPS) is 20.7. The quantitative estimate of drug-likeness (QED) is 0.288. The van der Waals surface area contributed by atoms with Crippen molar-refractivity contribution < 1.29 is 9.53 Å². The first-order chi connectivity index (χ1) is 19.4. The first kappa shape index (κ1) is 28.7. The molecule has 40 heavy (non-hydrogen) atoms. The Bertz CT molecular complexity index is 1240. The molecule has 0 heterocycles. The molecule has 1 N–H and O–H groups in total. The van der Waals surface area contributed by atoms with Crippen molar-refractivity contribution in [3.05, 3.63) is 88.9 Å². The average molecular weight is 559 g/mol. The zero-order chi connectivity index (χ0) is 28.0. The highest BCUT2D eigenvalue weighted by atomic mass is 35.5. The van der Waals surface area contributed by atoms with Crippen molar-refractivity contribution in [2.24, 2.45) is 5.92 Å². The third kappa shape index (κ3) is 7.08. The highest BCUT2D eigenvalue weighted by molar-refractivity contribution is 6.32. The van der Waals surface area contributed by atoms with Gasteiger partial charge in [0.1, 0.15) is 5.75 Å². The Morgan fingerprint density at radius 2 is 1.57 bits per heavy atom. The Balaban J connectivity index is 1.09. The van der Waals surface area contributed by atoms with Crippen LogP contribution in [-0.4, -0.2) is 43.1 Å². The van der Waals surface area contributed by atoms with Crippen LogP contribution in [0.3, 0.4) is 0 Å². The number of carbonyl (C=O) groups is 1. The zero-order valence-electron chi connectivity index (χ0n) is 24.0. The van der Waals surface area contributed by atoms with Gasteiger partial charge in [0.15, 0.2) is 0 Å². The molecule has 0 bridgehead atoms. The summed E-state index contributed by atoms with van der Waals surface area (Å²) in [5.41, 5.74) is 4.57. The van der Waals surface area contributed by atoms with Gasteiger partial charge in [-0.15, -0.1) is 0 Å². The first-order valence-electron chi connectivity index (χ1n) is 15.0. The third-order valence-electron chi connectivity index (χ3n) is 9.18. The second-order valence-electron chi connectivity index (χ2n) is 12.0. The topological polar surface area (TPSA) is 41.6 Å². The molecular weight excluding hydrogens is 516 g/mol. The molecule has 1 amide bonds. The van der Waals surface area contributed by atoms with Crippen molar-refractivity contribution in [2.45, 2.75) is 75.9 Å². The Kier molecular flexibility index (Phi) is 9.49. The highest BCUT2D eigenvalue weighted by Crippen LogP contribution is 2.34. The van der Waals surface area contributed by atoms with Crippen molar-refractivity contribution >= 4 is 17.5 Å². The molecule has 0 unspecified atom stereocenters. The monoisotopic (exact) mass is 558 g/mol. The van der Waals surface area contributed by atoms with Crippen LogP contribution in [0.25, 0.3) is 11.1 Å². The molecule has 0 saturated heterocycles. The number of benzene rings is 3. The summed E-state index contributed by atoms with van der Waals surface area (Å²) >= 11 is 6.60. The molecule has 4 nitrogen and oxygen atoms in total. The molecule has 0 radical (unpaired) electrons. The van der Waals surface area contributed by atoms with Gasteiger partial charge < -0.3 is 15.0 Å². The van der Waals surface area contributed by atoms with Gasteiger partial charge in [0.2, 0.25) is 0 Å². The summed E-state index contributed by atoms with van der Waals surface area (Å²) in [4.78, 5) is 15.2. The van der Waals surface area contributed by atoms with Crippen LogP contribution in [0, 0.1) is 5.92 Å². The summed E-state index contributed by atoms with van der Waals surface area (Å²) in [6, 6.07) is 25.0. The Morgan fingerprint density at radius 3 is 2.23 bits per heavy atom. The molecule has 2 saturated carbocycles. The van der Waals surface area contributed by atoms with E-state index in [-0.39, 0.29) is 17.6 Å². The van der Waals surface area contributed by atoms with E-state index >= 15 is 0 Å². The van der Waals surface area contributed by atoms with Gasteiger partial charge in [-0.05, 0) is 99.8 Å². The van der Waals surface area contributed by atoms with Gasteiger partial charge in [0, 0.05) is 17.6 Å². The fourth-order valence-corrected chi connectivity index (χ4v) is 6.73. The number of rotatable bonds is 9. The maximum absolute atomic E-state index is 13.0. The fourth-order valence-electron chi connectivity index (χ4n) is 6.51. The van der Waals surface area contributed by atoms with E-state index < -0.39 is 0 Å². The van der Waals surface area contributed by atoms with Crippen LogP contribution >= 0.6 is 11.6 Å². The van der Waals surface area contributed by atoms with Gasteiger partial charge in [0.05, 0.1) is 11.1 Å². The van der Waals surface area contributed by atoms with Gasteiger partial charge in [0.25, 0.3) is 5.91 Å². The molecule has 0 aliphatic heterocycles. The fraction of sp³-hybridized carbons (Fsp3) is 0.457. The van der Waals surface area contributed by atoms with Crippen LogP contribution in [0.4, 0.5) is 0 Å². The zero-order valence-corrected chi connectivity index (χ0v) is 24.8. The van der Waals surface area contributed by atoms with Crippen molar-refractivity contribution in [1.82, 2.24) is 10.2 Å². The number of hydrogen-bond donors (Lipinski definition) is 1. The molecule has 3 aromatic rings. The third-order valence-corrected chi connectivity index (χ3v) is 9.47.